The second-order valence-electron chi connectivity index (χ2n) is 5.99. The first-order chi connectivity index (χ1) is 12.5. The van der Waals surface area contributed by atoms with Crippen molar-refractivity contribution in [1.29, 1.82) is 0 Å². The lowest BCUT2D eigenvalue weighted by atomic mass is 10.1. The number of hydrogen-bond donors (Lipinski definition) is 1. The molecular formula is C20H18ClN3O2. The molecule has 26 heavy (non-hydrogen) atoms. The van der Waals surface area contributed by atoms with Crippen molar-refractivity contribution in [2.24, 2.45) is 0 Å². The van der Waals surface area contributed by atoms with E-state index >= 15 is 0 Å². The van der Waals surface area contributed by atoms with Crippen LogP contribution in [0.5, 0.6) is 0 Å². The van der Waals surface area contributed by atoms with E-state index in [1.807, 2.05) is 43.3 Å². The number of nitrogens with one attached hydrogen (secondary N) is 1. The largest absolute Gasteiger partial charge is 0.324 e. The van der Waals surface area contributed by atoms with Crippen LogP contribution in [0.25, 0.3) is 11.3 Å². The van der Waals surface area contributed by atoms with Gasteiger partial charge in [0.25, 0.3) is 5.56 Å². The molecule has 0 aliphatic rings. The number of amides is 1. The Labute approximate surface area is 156 Å². The van der Waals surface area contributed by atoms with Gasteiger partial charge in [-0.25, -0.2) is 4.68 Å². The fraction of sp³-hybridized carbons (Fsp3) is 0.150. The number of halogens is 1. The van der Waals surface area contributed by atoms with E-state index in [9.17, 15) is 9.59 Å². The van der Waals surface area contributed by atoms with E-state index in [0.29, 0.717) is 16.4 Å². The predicted molar refractivity (Wildman–Crippen MR) is 103 cm³/mol. The summed E-state index contributed by atoms with van der Waals surface area (Å²) in [4.78, 5) is 24.8. The average molecular weight is 368 g/mol. The molecule has 0 fully saturated rings. The number of hydrogen-bond acceptors (Lipinski definition) is 3. The van der Waals surface area contributed by atoms with Gasteiger partial charge in [0.15, 0.2) is 0 Å². The molecule has 0 aliphatic carbocycles. The summed E-state index contributed by atoms with van der Waals surface area (Å²) >= 11 is 5.99. The third kappa shape index (κ3) is 3.83. The Morgan fingerprint density at radius 3 is 2.58 bits per heavy atom. The zero-order valence-corrected chi connectivity index (χ0v) is 15.2. The van der Waals surface area contributed by atoms with Crippen molar-refractivity contribution in [2.45, 2.75) is 19.9 Å². The lowest BCUT2D eigenvalue weighted by Crippen LogP contribution is -2.33. The lowest BCUT2D eigenvalue weighted by molar-refractivity contribution is -0.119. The van der Waals surface area contributed by atoms with Crippen LogP contribution in [0.1, 0.15) is 18.5 Å². The molecule has 2 aromatic carbocycles. The summed E-state index contributed by atoms with van der Waals surface area (Å²) in [6.07, 6.45) is 0. The highest BCUT2D eigenvalue weighted by Gasteiger charge is 2.19. The molecular weight excluding hydrogens is 350 g/mol. The predicted octanol–water partition coefficient (Wildman–Crippen LogP) is 4.07. The van der Waals surface area contributed by atoms with E-state index in [4.69, 9.17) is 11.6 Å². The zero-order valence-electron chi connectivity index (χ0n) is 14.4. The number of benzene rings is 2. The molecule has 0 saturated carbocycles. The van der Waals surface area contributed by atoms with Gasteiger partial charge in [0, 0.05) is 22.3 Å². The van der Waals surface area contributed by atoms with Gasteiger partial charge in [-0.15, -0.1) is 0 Å². The van der Waals surface area contributed by atoms with E-state index in [1.54, 1.807) is 25.1 Å². The van der Waals surface area contributed by atoms with Gasteiger partial charge in [-0.3, -0.25) is 9.59 Å². The van der Waals surface area contributed by atoms with E-state index in [2.05, 4.69) is 10.4 Å². The van der Waals surface area contributed by atoms with Crippen molar-refractivity contribution >= 4 is 23.2 Å². The fourth-order valence-electron chi connectivity index (χ4n) is 2.54. The molecule has 0 radical (unpaired) electrons. The van der Waals surface area contributed by atoms with Crippen LogP contribution in [0.3, 0.4) is 0 Å². The Balaban J connectivity index is 1.89. The molecule has 0 unspecified atom stereocenters. The van der Waals surface area contributed by atoms with Crippen molar-refractivity contribution in [2.75, 3.05) is 5.32 Å². The van der Waals surface area contributed by atoms with E-state index < -0.39 is 6.04 Å². The monoisotopic (exact) mass is 367 g/mol. The molecule has 0 spiro atoms. The van der Waals surface area contributed by atoms with Crippen molar-refractivity contribution < 1.29 is 4.79 Å². The molecule has 5 nitrogen and oxygen atoms in total. The number of aryl methyl sites for hydroxylation is 1. The summed E-state index contributed by atoms with van der Waals surface area (Å²) in [5, 5.41) is 7.70. The van der Waals surface area contributed by atoms with Gasteiger partial charge in [-0.05, 0) is 37.6 Å². The number of aromatic nitrogens is 2. The minimum atomic E-state index is -0.774. The summed E-state index contributed by atoms with van der Waals surface area (Å²) in [5.41, 5.74) is 2.66. The van der Waals surface area contributed by atoms with Crippen LogP contribution in [0.2, 0.25) is 5.02 Å². The first kappa shape index (κ1) is 17.9. The number of carbonyl (C=O) groups is 1. The van der Waals surface area contributed by atoms with Gasteiger partial charge in [-0.1, -0.05) is 48.0 Å². The van der Waals surface area contributed by atoms with Crippen LogP contribution in [0, 0.1) is 6.92 Å². The van der Waals surface area contributed by atoms with Crippen LogP contribution in [-0.2, 0) is 4.79 Å². The quantitative estimate of drug-likeness (QED) is 0.755. The first-order valence-electron chi connectivity index (χ1n) is 8.18. The molecule has 1 N–H and O–H groups in total. The highest BCUT2D eigenvalue weighted by molar-refractivity contribution is 6.31. The molecule has 0 bridgehead atoms. The Morgan fingerprint density at radius 2 is 1.85 bits per heavy atom. The molecule has 6 heteroatoms. The van der Waals surface area contributed by atoms with E-state index in [1.165, 1.54) is 10.7 Å². The number of rotatable bonds is 4. The van der Waals surface area contributed by atoms with Gasteiger partial charge in [0.2, 0.25) is 5.91 Å². The highest BCUT2D eigenvalue weighted by Crippen LogP contribution is 2.21. The van der Waals surface area contributed by atoms with Crippen LogP contribution in [0.4, 0.5) is 5.69 Å². The molecule has 1 aromatic heterocycles. The molecule has 132 valence electrons. The van der Waals surface area contributed by atoms with Gasteiger partial charge in [-0.2, -0.15) is 5.10 Å². The molecule has 0 saturated heterocycles. The van der Waals surface area contributed by atoms with Crippen molar-refractivity contribution in [1.82, 2.24) is 9.78 Å². The minimum absolute atomic E-state index is 0.338. The third-order valence-electron chi connectivity index (χ3n) is 4.10. The summed E-state index contributed by atoms with van der Waals surface area (Å²) in [6, 6.07) is 17.0. The molecule has 1 heterocycles. The minimum Gasteiger partial charge on any atom is -0.324 e. The topological polar surface area (TPSA) is 64.0 Å². The molecule has 3 aromatic rings. The smallest absolute Gasteiger partial charge is 0.267 e. The Kier molecular flexibility index (Phi) is 5.19. The second-order valence-corrected chi connectivity index (χ2v) is 6.43. The Bertz CT molecular complexity index is 999. The second kappa shape index (κ2) is 7.54. The molecule has 0 aliphatic heterocycles. The van der Waals surface area contributed by atoms with E-state index in [-0.39, 0.29) is 11.5 Å². The summed E-state index contributed by atoms with van der Waals surface area (Å²) in [5.74, 6) is -0.338. The third-order valence-corrected chi connectivity index (χ3v) is 4.33. The SMILES string of the molecule is Cc1ccc(Cl)cc1NC(=O)[C@@H](C)n1nc(-c2ccccc2)ccc1=O. The summed E-state index contributed by atoms with van der Waals surface area (Å²) in [7, 11) is 0. The maximum atomic E-state index is 12.6. The standard InChI is InChI=1S/C20H18ClN3O2/c1-13-8-9-16(21)12-18(13)22-20(26)14(2)24-19(25)11-10-17(23-24)15-6-4-3-5-7-15/h3-12,14H,1-2H3,(H,22,26)/t14-/m1/s1. The van der Waals surface area contributed by atoms with Crippen LogP contribution in [0.15, 0.2) is 65.5 Å². The van der Waals surface area contributed by atoms with Gasteiger partial charge in [0.05, 0.1) is 5.69 Å². The van der Waals surface area contributed by atoms with Gasteiger partial charge >= 0.3 is 0 Å². The number of anilines is 1. The fourth-order valence-corrected chi connectivity index (χ4v) is 2.71. The normalized spacial score (nSPS) is 11.8. The maximum absolute atomic E-state index is 12.6. The molecule has 3 rings (SSSR count). The van der Waals surface area contributed by atoms with Crippen molar-refractivity contribution in [3.63, 3.8) is 0 Å². The Morgan fingerprint density at radius 1 is 1.12 bits per heavy atom. The summed E-state index contributed by atoms with van der Waals surface area (Å²) < 4.78 is 1.19. The summed E-state index contributed by atoms with van der Waals surface area (Å²) in [6.45, 7) is 3.51. The van der Waals surface area contributed by atoms with Crippen molar-refractivity contribution in [3.05, 3.63) is 81.6 Å². The maximum Gasteiger partial charge on any atom is 0.267 e. The zero-order chi connectivity index (χ0) is 18.7. The van der Waals surface area contributed by atoms with Crippen LogP contribution in [-0.4, -0.2) is 15.7 Å². The molecule has 1 amide bonds. The lowest BCUT2D eigenvalue weighted by Gasteiger charge is -2.16. The molecule has 1 atom stereocenters. The average Bonchev–Trinajstić information content (AvgIpc) is 2.65. The van der Waals surface area contributed by atoms with Gasteiger partial charge < -0.3 is 5.32 Å². The first-order valence-corrected chi connectivity index (χ1v) is 8.56. The Hall–Kier alpha value is -2.92. The number of carbonyl (C=O) groups excluding carboxylic acids is 1. The van der Waals surface area contributed by atoms with Gasteiger partial charge in [0.1, 0.15) is 6.04 Å². The van der Waals surface area contributed by atoms with Crippen molar-refractivity contribution in [3.8, 4) is 11.3 Å². The van der Waals surface area contributed by atoms with Crippen LogP contribution < -0.4 is 10.9 Å². The number of nitrogens with zero attached hydrogens (tertiary/aromatic N) is 2. The van der Waals surface area contributed by atoms with Crippen LogP contribution >= 0.6 is 11.6 Å². The highest BCUT2D eigenvalue weighted by atomic mass is 35.5. The van der Waals surface area contributed by atoms with E-state index in [0.717, 1.165) is 11.1 Å².